The Morgan fingerprint density at radius 2 is 1.88 bits per heavy atom. The van der Waals surface area contributed by atoms with Gasteiger partial charge in [0.25, 0.3) is 12.4 Å². The van der Waals surface area contributed by atoms with Crippen molar-refractivity contribution in [2.24, 2.45) is 0 Å². The predicted molar refractivity (Wildman–Crippen MR) is 40.7 cm³/mol. The van der Waals surface area contributed by atoms with Gasteiger partial charge in [0.15, 0.2) is 5.75 Å². The standard InChI is InChI=1S/C8H5F6NO/c1-16-5-4(8(12,13)14)3(6(9)10)2-15-7(5)11/h2,6H,1H3. The quantitative estimate of drug-likeness (QED) is 0.589. The summed E-state index contributed by atoms with van der Waals surface area (Å²) in [5.41, 5.74) is -3.25. The number of hydrogen-bond acceptors (Lipinski definition) is 2. The molecule has 0 radical (unpaired) electrons. The Labute approximate surface area is 85.9 Å². The Morgan fingerprint density at radius 3 is 2.25 bits per heavy atom. The zero-order valence-electron chi connectivity index (χ0n) is 7.78. The normalized spacial score (nSPS) is 12.0. The van der Waals surface area contributed by atoms with Gasteiger partial charge < -0.3 is 4.74 Å². The zero-order valence-corrected chi connectivity index (χ0v) is 7.78. The molecule has 1 aromatic heterocycles. The number of hydrogen-bond donors (Lipinski definition) is 0. The van der Waals surface area contributed by atoms with Crippen molar-refractivity contribution >= 4 is 0 Å². The molecule has 16 heavy (non-hydrogen) atoms. The number of methoxy groups -OCH3 is 1. The van der Waals surface area contributed by atoms with Crippen LogP contribution in [0.4, 0.5) is 26.3 Å². The minimum Gasteiger partial charge on any atom is -0.491 e. The number of aromatic nitrogens is 1. The molecule has 0 fully saturated rings. The Bertz CT molecular complexity index is 389. The van der Waals surface area contributed by atoms with E-state index in [9.17, 15) is 26.3 Å². The highest BCUT2D eigenvalue weighted by Gasteiger charge is 2.41. The van der Waals surface area contributed by atoms with Crippen LogP contribution in [-0.4, -0.2) is 12.1 Å². The Kier molecular flexibility index (Phi) is 3.30. The molecular formula is C8H5F6NO. The van der Waals surface area contributed by atoms with E-state index in [-0.39, 0.29) is 6.20 Å². The first-order chi connectivity index (χ1) is 7.29. The third-order valence-electron chi connectivity index (χ3n) is 1.74. The Hall–Kier alpha value is -1.47. The van der Waals surface area contributed by atoms with Crippen molar-refractivity contribution in [1.82, 2.24) is 4.98 Å². The molecule has 0 aliphatic heterocycles. The molecule has 2 nitrogen and oxygen atoms in total. The molecule has 0 aromatic carbocycles. The average Bonchev–Trinajstić information content (AvgIpc) is 2.15. The van der Waals surface area contributed by atoms with Gasteiger partial charge in [-0.15, -0.1) is 0 Å². The number of halogens is 6. The molecule has 1 heterocycles. The molecule has 0 aliphatic rings. The fourth-order valence-electron chi connectivity index (χ4n) is 1.13. The van der Waals surface area contributed by atoms with Gasteiger partial charge in [0.1, 0.15) is 5.56 Å². The van der Waals surface area contributed by atoms with Crippen molar-refractivity contribution in [1.29, 1.82) is 0 Å². The Balaban J connectivity index is 3.54. The predicted octanol–water partition coefficient (Wildman–Crippen LogP) is 3.19. The maximum absolute atomic E-state index is 12.8. The highest BCUT2D eigenvalue weighted by molar-refractivity contribution is 5.41. The van der Waals surface area contributed by atoms with E-state index in [2.05, 4.69) is 9.72 Å². The molecule has 0 bridgehead atoms. The van der Waals surface area contributed by atoms with Crippen LogP contribution in [0.2, 0.25) is 0 Å². The minimum absolute atomic E-state index is 0.144. The van der Waals surface area contributed by atoms with Crippen LogP contribution in [0.25, 0.3) is 0 Å². The fraction of sp³-hybridized carbons (Fsp3) is 0.375. The SMILES string of the molecule is COc1c(F)ncc(C(F)F)c1C(F)(F)F. The van der Waals surface area contributed by atoms with E-state index in [1.54, 1.807) is 0 Å². The molecule has 0 amide bonds. The molecule has 8 heteroatoms. The first-order valence-electron chi connectivity index (χ1n) is 3.86. The van der Waals surface area contributed by atoms with E-state index in [0.29, 0.717) is 0 Å². The third kappa shape index (κ3) is 2.20. The fourth-order valence-corrected chi connectivity index (χ4v) is 1.13. The van der Waals surface area contributed by atoms with Gasteiger partial charge in [0.05, 0.1) is 12.7 Å². The van der Waals surface area contributed by atoms with Crippen LogP contribution in [0.3, 0.4) is 0 Å². The summed E-state index contributed by atoms with van der Waals surface area (Å²) in [5.74, 6) is -2.91. The van der Waals surface area contributed by atoms with E-state index >= 15 is 0 Å². The highest BCUT2D eigenvalue weighted by atomic mass is 19.4. The van der Waals surface area contributed by atoms with Gasteiger partial charge in [0.2, 0.25) is 0 Å². The molecule has 0 spiro atoms. The topological polar surface area (TPSA) is 22.1 Å². The number of pyridine rings is 1. The molecule has 0 unspecified atom stereocenters. The summed E-state index contributed by atoms with van der Waals surface area (Å²) in [4.78, 5) is 2.77. The maximum Gasteiger partial charge on any atom is 0.420 e. The number of nitrogens with zero attached hydrogens (tertiary/aromatic N) is 1. The van der Waals surface area contributed by atoms with Crippen molar-refractivity contribution in [3.63, 3.8) is 0 Å². The summed E-state index contributed by atoms with van der Waals surface area (Å²) >= 11 is 0. The van der Waals surface area contributed by atoms with Crippen molar-refractivity contribution in [2.45, 2.75) is 12.6 Å². The molecule has 0 N–H and O–H groups in total. The van der Waals surface area contributed by atoms with Crippen LogP contribution in [0, 0.1) is 5.95 Å². The molecule has 0 saturated heterocycles. The van der Waals surface area contributed by atoms with Crippen LogP contribution in [0.1, 0.15) is 17.6 Å². The first kappa shape index (κ1) is 12.6. The third-order valence-corrected chi connectivity index (χ3v) is 1.74. The van der Waals surface area contributed by atoms with E-state index in [1.807, 2.05) is 0 Å². The number of rotatable bonds is 2. The van der Waals surface area contributed by atoms with E-state index in [0.717, 1.165) is 7.11 Å². The van der Waals surface area contributed by atoms with Crippen LogP contribution in [-0.2, 0) is 6.18 Å². The van der Waals surface area contributed by atoms with Crippen molar-refractivity contribution in [2.75, 3.05) is 7.11 Å². The van der Waals surface area contributed by atoms with Crippen LogP contribution in [0.5, 0.6) is 5.75 Å². The molecule has 90 valence electrons. The Morgan fingerprint density at radius 1 is 1.31 bits per heavy atom. The van der Waals surface area contributed by atoms with Gasteiger partial charge in [-0.3, -0.25) is 0 Å². The monoisotopic (exact) mass is 245 g/mol. The second-order valence-electron chi connectivity index (χ2n) is 2.71. The van der Waals surface area contributed by atoms with Gasteiger partial charge in [-0.25, -0.2) is 13.8 Å². The van der Waals surface area contributed by atoms with E-state index in [1.165, 1.54) is 0 Å². The summed E-state index contributed by atoms with van der Waals surface area (Å²) < 4.78 is 78.8. The summed E-state index contributed by atoms with van der Waals surface area (Å²) in [6.07, 6.45) is -8.41. The lowest BCUT2D eigenvalue weighted by Gasteiger charge is -2.15. The smallest absolute Gasteiger partial charge is 0.420 e. The van der Waals surface area contributed by atoms with Gasteiger partial charge in [-0.1, -0.05) is 0 Å². The average molecular weight is 245 g/mol. The van der Waals surface area contributed by atoms with Crippen LogP contribution < -0.4 is 4.74 Å². The largest absolute Gasteiger partial charge is 0.491 e. The lowest BCUT2D eigenvalue weighted by molar-refractivity contribution is -0.141. The molecular weight excluding hydrogens is 240 g/mol. The summed E-state index contributed by atoms with van der Waals surface area (Å²) in [7, 11) is 0.741. The summed E-state index contributed by atoms with van der Waals surface area (Å²) in [6.45, 7) is 0. The second kappa shape index (κ2) is 4.18. The summed E-state index contributed by atoms with van der Waals surface area (Å²) in [5, 5.41) is 0. The van der Waals surface area contributed by atoms with Gasteiger partial charge in [-0.05, 0) is 0 Å². The number of ether oxygens (including phenoxy) is 1. The number of alkyl halides is 5. The lowest BCUT2D eigenvalue weighted by atomic mass is 10.1. The molecule has 1 aromatic rings. The zero-order chi connectivity index (χ0) is 12.5. The van der Waals surface area contributed by atoms with Crippen molar-refractivity contribution in [3.8, 4) is 5.75 Å². The lowest BCUT2D eigenvalue weighted by Crippen LogP contribution is -2.14. The minimum atomic E-state index is -5.14. The van der Waals surface area contributed by atoms with Crippen LogP contribution in [0.15, 0.2) is 6.20 Å². The van der Waals surface area contributed by atoms with Gasteiger partial charge in [0, 0.05) is 6.20 Å². The highest BCUT2D eigenvalue weighted by Crippen LogP contribution is 2.42. The molecule has 0 saturated carbocycles. The first-order valence-corrected chi connectivity index (χ1v) is 3.86. The molecule has 0 atom stereocenters. The van der Waals surface area contributed by atoms with Crippen LogP contribution >= 0.6 is 0 Å². The van der Waals surface area contributed by atoms with E-state index in [4.69, 9.17) is 0 Å². The van der Waals surface area contributed by atoms with Gasteiger partial charge in [-0.2, -0.15) is 17.6 Å². The van der Waals surface area contributed by atoms with Crippen molar-refractivity contribution < 1.29 is 31.1 Å². The molecule has 1 rings (SSSR count). The maximum atomic E-state index is 12.8. The van der Waals surface area contributed by atoms with E-state index < -0.39 is 35.4 Å². The molecule has 0 aliphatic carbocycles. The van der Waals surface area contributed by atoms with Crippen molar-refractivity contribution in [3.05, 3.63) is 23.3 Å². The summed E-state index contributed by atoms with van der Waals surface area (Å²) in [6, 6.07) is 0. The van der Waals surface area contributed by atoms with Gasteiger partial charge >= 0.3 is 6.18 Å². The second-order valence-corrected chi connectivity index (χ2v) is 2.71.